The summed E-state index contributed by atoms with van der Waals surface area (Å²) >= 11 is 3.24. The lowest BCUT2D eigenvalue weighted by Crippen LogP contribution is -2.06. The fourth-order valence-electron chi connectivity index (χ4n) is 1.84. The number of nitrogen functional groups attached to an aromatic ring is 1. The highest BCUT2D eigenvalue weighted by molar-refractivity contribution is 9.10. The average Bonchev–Trinajstić information content (AvgIpc) is 2.96. The second kappa shape index (κ2) is 5.30. The molecule has 2 aromatic heterocycles. The molecule has 0 amide bonds. The maximum absolute atomic E-state index is 14.0. The Balaban J connectivity index is 2.22. The van der Waals surface area contributed by atoms with Crippen molar-refractivity contribution < 1.29 is 13.9 Å². The van der Waals surface area contributed by atoms with Crippen molar-refractivity contribution in [2.45, 2.75) is 0 Å². The van der Waals surface area contributed by atoms with Gasteiger partial charge in [-0.1, -0.05) is 0 Å². The monoisotopic (exact) mass is 368 g/mol. The smallest absolute Gasteiger partial charge is 0.202 e. The number of phenols is 1. The van der Waals surface area contributed by atoms with E-state index in [9.17, 15) is 13.9 Å². The van der Waals surface area contributed by atoms with Crippen molar-refractivity contribution in [3.63, 3.8) is 0 Å². The summed E-state index contributed by atoms with van der Waals surface area (Å²) in [5.74, 6) is -3.27. The zero-order chi connectivity index (χ0) is 15.9. The van der Waals surface area contributed by atoms with Crippen molar-refractivity contribution in [1.29, 1.82) is 0 Å². The van der Waals surface area contributed by atoms with Crippen LogP contribution < -0.4 is 5.73 Å². The number of nitrogens with two attached hydrogens (primary N) is 1. The van der Waals surface area contributed by atoms with Gasteiger partial charge < -0.3 is 10.8 Å². The minimum atomic E-state index is -1.39. The molecule has 0 unspecified atom stereocenters. The molecular formula is C12H7BrF2N6O. The summed E-state index contributed by atoms with van der Waals surface area (Å²) in [7, 11) is 0. The van der Waals surface area contributed by atoms with Gasteiger partial charge in [0.15, 0.2) is 17.4 Å². The van der Waals surface area contributed by atoms with Gasteiger partial charge in [-0.05, 0) is 44.6 Å². The molecule has 0 aliphatic rings. The number of aromatic hydroxyl groups is 1. The van der Waals surface area contributed by atoms with E-state index in [1.165, 1.54) is 6.20 Å². The predicted octanol–water partition coefficient (Wildman–Crippen LogP) is 2.05. The largest absolute Gasteiger partial charge is 0.505 e. The summed E-state index contributed by atoms with van der Waals surface area (Å²) in [5.41, 5.74) is 5.84. The Morgan fingerprint density at radius 2 is 2.00 bits per heavy atom. The Kier molecular flexibility index (Phi) is 3.45. The number of hydrogen-bond donors (Lipinski definition) is 2. The SMILES string of the molecule is Nc1ncc(Br)cc1-c1nnnn1-c1ccc(O)c(F)c1F. The third-order valence-electron chi connectivity index (χ3n) is 2.87. The first-order chi connectivity index (χ1) is 10.5. The van der Waals surface area contributed by atoms with Crippen LogP contribution in [0.2, 0.25) is 0 Å². The average molecular weight is 369 g/mol. The van der Waals surface area contributed by atoms with E-state index in [0.29, 0.717) is 10.0 Å². The lowest BCUT2D eigenvalue weighted by molar-refractivity contribution is 0.405. The highest BCUT2D eigenvalue weighted by Gasteiger charge is 2.20. The molecule has 3 aromatic rings. The quantitative estimate of drug-likeness (QED) is 0.717. The van der Waals surface area contributed by atoms with Crippen LogP contribution in [0.4, 0.5) is 14.6 Å². The summed E-state index contributed by atoms with van der Waals surface area (Å²) < 4.78 is 29.1. The number of benzene rings is 1. The number of anilines is 1. The zero-order valence-corrected chi connectivity index (χ0v) is 12.3. The van der Waals surface area contributed by atoms with Crippen molar-refractivity contribution in [3.8, 4) is 22.8 Å². The van der Waals surface area contributed by atoms with Crippen LogP contribution in [0.25, 0.3) is 17.1 Å². The van der Waals surface area contributed by atoms with Gasteiger partial charge in [0, 0.05) is 10.7 Å². The van der Waals surface area contributed by atoms with Crippen LogP contribution in [0.5, 0.6) is 5.75 Å². The maximum Gasteiger partial charge on any atom is 0.202 e. The summed E-state index contributed by atoms with van der Waals surface area (Å²) in [5, 5.41) is 20.0. The van der Waals surface area contributed by atoms with E-state index in [1.807, 2.05) is 0 Å². The van der Waals surface area contributed by atoms with Gasteiger partial charge in [0.1, 0.15) is 11.5 Å². The first kappa shape index (κ1) is 14.3. The van der Waals surface area contributed by atoms with Crippen molar-refractivity contribution in [2.75, 3.05) is 5.73 Å². The third-order valence-corrected chi connectivity index (χ3v) is 3.30. The maximum atomic E-state index is 14.0. The highest BCUT2D eigenvalue weighted by atomic mass is 79.9. The molecule has 2 heterocycles. The molecule has 10 heteroatoms. The second-order valence-electron chi connectivity index (χ2n) is 4.23. The molecule has 3 N–H and O–H groups in total. The molecule has 0 saturated carbocycles. The Morgan fingerprint density at radius 3 is 2.77 bits per heavy atom. The fraction of sp³-hybridized carbons (Fsp3) is 0. The predicted molar refractivity (Wildman–Crippen MR) is 76.1 cm³/mol. The van der Waals surface area contributed by atoms with Gasteiger partial charge in [-0.25, -0.2) is 9.37 Å². The molecule has 0 aliphatic carbocycles. The summed E-state index contributed by atoms with van der Waals surface area (Å²) in [6, 6.07) is 3.75. The van der Waals surface area contributed by atoms with Gasteiger partial charge in [0.05, 0.1) is 5.56 Å². The zero-order valence-electron chi connectivity index (χ0n) is 10.7. The minimum absolute atomic E-state index is 0.0790. The second-order valence-corrected chi connectivity index (χ2v) is 5.15. The standard InChI is InChI=1S/C12H7BrF2N6O/c13-5-3-6(11(16)17-4-5)12-18-19-20-21(12)7-1-2-8(22)10(15)9(7)14/h1-4,22H,(H2,16,17). The molecule has 0 radical (unpaired) electrons. The fourth-order valence-corrected chi connectivity index (χ4v) is 2.17. The van der Waals surface area contributed by atoms with E-state index in [1.54, 1.807) is 6.07 Å². The first-order valence-corrected chi connectivity index (χ1v) is 6.65. The Hall–Kier alpha value is -2.62. The van der Waals surface area contributed by atoms with Gasteiger partial charge in [0.25, 0.3) is 0 Å². The van der Waals surface area contributed by atoms with Crippen LogP contribution in [-0.2, 0) is 0 Å². The highest BCUT2D eigenvalue weighted by Crippen LogP contribution is 2.29. The van der Waals surface area contributed by atoms with Crippen LogP contribution in [0.1, 0.15) is 0 Å². The molecule has 0 spiro atoms. The Bertz CT molecular complexity index is 869. The van der Waals surface area contributed by atoms with Crippen molar-refractivity contribution in [1.82, 2.24) is 25.2 Å². The molecule has 1 aromatic carbocycles. The number of phenolic OH excluding ortho intramolecular Hbond substituents is 1. The number of tetrazole rings is 1. The molecular weight excluding hydrogens is 362 g/mol. The number of nitrogens with zero attached hydrogens (tertiary/aromatic N) is 5. The molecule has 3 rings (SSSR count). The van der Waals surface area contributed by atoms with Crippen LogP contribution in [0.3, 0.4) is 0 Å². The van der Waals surface area contributed by atoms with E-state index >= 15 is 0 Å². The Morgan fingerprint density at radius 1 is 1.23 bits per heavy atom. The first-order valence-electron chi connectivity index (χ1n) is 5.86. The van der Waals surface area contributed by atoms with Gasteiger partial charge >= 0.3 is 0 Å². The van der Waals surface area contributed by atoms with Crippen LogP contribution in [0.15, 0.2) is 28.9 Å². The summed E-state index contributed by atoms with van der Waals surface area (Å²) in [6.45, 7) is 0. The van der Waals surface area contributed by atoms with E-state index in [0.717, 1.165) is 16.8 Å². The number of pyridine rings is 1. The van der Waals surface area contributed by atoms with Gasteiger partial charge in [-0.2, -0.15) is 9.07 Å². The minimum Gasteiger partial charge on any atom is -0.505 e. The third kappa shape index (κ3) is 2.26. The number of hydrogen-bond acceptors (Lipinski definition) is 6. The topological polar surface area (TPSA) is 103 Å². The molecule has 0 fully saturated rings. The number of aromatic nitrogens is 5. The lowest BCUT2D eigenvalue weighted by Gasteiger charge is -2.08. The lowest BCUT2D eigenvalue weighted by atomic mass is 10.2. The summed E-state index contributed by atoms with van der Waals surface area (Å²) in [4.78, 5) is 3.94. The molecule has 112 valence electrons. The van der Waals surface area contributed by atoms with E-state index in [2.05, 4.69) is 36.4 Å². The summed E-state index contributed by atoms with van der Waals surface area (Å²) in [6.07, 6.45) is 1.48. The van der Waals surface area contributed by atoms with Crippen molar-refractivity contribution >= 4 is 21.7 Å². The van der Waals surface area contributed by atoms with Gasteiger partial charge in [-0.15, -0.1) is 5.10 Å². The Labute approximate surface area is 130 Å². The molecule has 7 nitrogen and oxygen atoms in total. The van der Waals surface area contributed by atoms with E-state index in [4.69, 9.17) is 5.73 Å². The molecule has 0 saturated heterocycles. The number of rotatable bonds is 2. The van der Waals surface area contributed by atoms with Crippen molar-refractivity contribution in [2.24, 2.45) is 0 Å². The molecule has 0 bridgehead atoms. The van der Waals surface area contributed by atoms with E-state index in [-0.39, 0.29) is 17.3 Å². The van der Waals surface area contributed by atoms with Crippen LogP contribution >= 0.6 is 15.9 Å². The molecule has 0 atom stereocenters. The van der Waals surface area contributed by atoms with Crippen LogP contribution in [-0.4, -0.2) is 30.3 Å². The van der Waals surface area contributed by atoms with Gasteiger partial charge in [0.2, 0.25) is 5.82 Å². The van der Waals surface area contributed by atoms with Crippen molar-refractivity contribution in [3.05, 3.63) is 40.5 Å². The van der Waals surface area contributed by atoms with Gasteiger partial charge in [-0.3, -0.25) is 0 Å². The number of halogens is 3. The van der Waals surface area contributed by atoms with E-state index < -0.39 is 17.4 Å². The van der Waals surface area contributed by atoms with Crippen LogP contribution in [0, 0.1) is 11.6 Å². The normalized spacial score (nSPS) is 10.9. The molecule has 22 heavy (non-hydrogen) atoms. The molecule has 0 aliphatic heterocycles.